The summed E-state index contributed by atoms with van der Waals surface area (Å²) in [7, 11) is 0. The summed E-state index contributed by atoms with van der Waals surface area (Å²) in [6.45, 7) is 5.68. The average molecular weight is 606 g/mol. The highest BCUT2D eigenvalue weighted by Crippen LogP contribution is 2.52. The maximum atomic E-state index is 12.7. The van der Waals surface area contributed by atoms with Crippen LogP contribution in [0.4, 0.5) is 4.79 Å². The number of aromatic nitrogens is 2. The summed E-state index contributed by atoms with van der Waals surface area (Å²) >= 11 is 0. The van der Waals surface area contributed by atoms with Crippen LogP contribution in [-0.4, -0.2) is 38.6 Å². The maximum absolute atomic E-state index is 12.7. The van der Waals surface area contributed by atoms with Crippen LogP contribution in [0.3, 0.4) is 0 Å². The van der Waals surface area contributed by atoms with Crippen LogP contribution < -0.4 is 0 Å². The molecular formula is C38H47N5O2. The van der Waals surface area contributed by atoms with Crippen molar-refractivity contribution in [2.75, 3.05) is 0 Å². The maximum Gasteiger partial charge on any atom is 0.410 e. The largest absolute Gasteiger partial charge is 0.444 e. The highest BCUT2D eigenvalue weighted by molar-refractivity contribution is 5.70. The van der Waals surface area contributed by atoms with Gasteiger partial charge in [0.2, 0.25) is 0 Å². The molecule has 0 N–H and O–H groups in total. The van der Waals surface area contributed by atoms with E-state index < -0.39 is 11.0 Å². The van der Waals surface area contributed by atoms with E-state index in [2.05, 4.69) is 34.2 Å². The minimum atomic E-state index is -0.539. The number of fused-ring (bicyclic) bond motifs is 4. The van der Waals surface area contributed by atoms with E-state index in [4.69, 9.17) is 4.74 Å². The van der Waals surface area contributed by atoms with E-state index in [-0.39, 0.29) is 23.6 Å². The zero-order chi connectivity index (χ0) is 31.4. The van der Waals surface area contributed by atoms with Crippen molar-refractivity contribution in [3.8, 4) is 12.1 Å². The number of ether oxygens (including phenoxy) is 1. The zero-order valence-corrected chi connectivity index (χ0v) is 27.2. The van der Waals surface area contributed by atoms with Gasteiger partial charge >= 0.3 is 6.09 Å². The molecule has 0 radical (unpaired) electrons. The lowest BCUT2D eigenvalue weighted by Crippen LogP contribution is -2.52. The van der Waals surface area contributed by atoms with Crippen LogP contribution in [0.25, 0.3) is 0 Å². The van der Waals surface area contributed by atoms with Gasteiger partial charge in [0.1, 0.15) is 5.60 Å². The fraction of sp³-hybridized carbons (Fsp3) is 0.658. The Bertz CT molecular complexity index is 1500. The first-order chi connectivity index (χ1) is 21.6. The summed E-state index contributed by atoms with van der Waals surface area (Å²) in [5, 5.41) is 19.9. The molecule has 0 spiro atoms. The van der Waals surface area contributed by atoms with Crippen LogP contribution in [0.5, 0.6) is 0 Å². The quantitative estimate of drug-likeness (QED) is 0.348. The van der Waals surface area contributed by atoms with Gasteiger partial charge in [-0.15, -0.1) is 0 Å². The van der Waals surface area contributed by atoms with Crippen LogP contribution in [0.1, 0.15) is 138 Å². The summed E-state index contributed by atoms with van der Waals surface area (Å²) in [5.74, 6) is 2.91. The third-order valence-corrected chi connectivity index (χ3v) is 11.5. The van der Waals surface area contributed by atoms with Crippen LogP contribution in [0.2, 0.25) is 0 Å². The Morgan fingerprint density at radius 2 is 1.22 bits per heavy atom. The number of carbonyl (C=O) groups excluding carboxylic acids is 1. The fourth-order valence-electron chi connectivity index (χ4n) is 8.98. The van der Waals surface area contributed by atoms with Gasteiger partial charge in [-0.05, 0) is 137 Å². The molecule has 7 heteroatoms. The molecule has 2 aromatic heterocycles. The topological polar surface area (TPSA) is 103 Å². The SMILES string of the molecule is CC(C)(C)OC(=O)N1[C@@H]2CC[C@H]1CC(C#N)(c1cncc(C3CC3)c1)C2.N#CC1(c2cncc(C3CC3)c2)C[C@@H]2CC[C@@H](C2)C1. The molecule has 7 nitrogen and oxygen atoms in total. The molecular weight excluding hydrogens is 558 g/mol. The molecule has 2 unspecified atom stereocenters. The summed E-state index contributed by atoms with van der Waals surface area (Å²) < 4.78 is 5.62. The predicted octanol–water partition coefficient (Wildman–Crippen LogP) is 8.21. The number of hydrogen-bond donors (Lipinski definition) is 0. The molecule has 0 aromatic carbocycles. The lowest BCUT2D eigenvalue weighted by atomic mass is 9.66. The molecule has 4 aliphatic carbocycles. The molecule has 6 atom stereocenters. The van der Waals surface area contributed by atoms with E-state index in [1.807, 2.05) is 50.5 Å². The van der Waals surface area contributed by atoms with Crippen molar-refractivity contribution < 1.29 is 9.53 Å². The number of nitrogens with zero attached hydrogens (tertiary/aromatic N) is 5. The van der Waals surface area contributed by atoms with Crippen molar-refractivity contribution in [1.82, 2.24) is 14.9 Å². The number of pyridine rings is 2. The molecule has 8 rings (SSSR count). The highest BCUT2D eigenvalue weighted by atomic mass is 16.6. The summed E-state index contributed by atoms with van der Waals surface area (Å²) in [6.07, 6.45) is 22.0. The van der Waals surface area contributed by atoms with Crippen LogP contribution >= 0.6 is 0 Å². The molecule has 4 heterocycles. The lowest BCUT2D eigenvalue weighted by molar-refractivity contribution is 0.00231. The second kappa shape index (κ2) is 11.4. The molecule has 236 valence electrons. The first kappa shape index (κ1) is 30.2. The monoisotopic (exact) mass is 605 g/mol. The van der Waals surface area contributed by atoms with Crippen LogP contribution in [0, 0.1) is 34.5 Å². The molecule has 1 amide bonds. The van der Waals surface area contributed by atoms with Gasteiger partial charge in [-0.25, -0.2) is 4.79 Å². The van der Waals surface area contributed by atoms with Gasteiger partial charge in [-0.3, -0.25) is 9.97 Å². The Labute approximate surface area is 268 Å². The predicted molar refractivity (Wildman–Crippen MR) is 171 cm³/mol. The van der Waals surface area contributed by atoms with E-state index in [0.717, 1.165) is 49.0 Å². The van der Waals surface area contributed by atoms with Crippen molar-refractivity contribution in [2.24, 2.45) is 11.8 Å². The fourth-order valence-corrected chi connectivity index (χ4v) is 8.98. The van der Waals surface area contributed by atoms with Gasteiger partial charge < -0.3 is 9.64 Å². The number of amides is 1. The van der Waals surface area contributed by atoms with Crippen LogP contribution in [0.15, 0.2) is 36.9 Å². The van der Waals surface area contributed by atoms with Crippen molar-refractivity contribution in [3.63, 3.8) is 0 Å². The summed E-state index contributed by atoms with van der Waals surface area (Å²) in [4.78, 5) is 23.4. The van der Waals surface area contributed by atoms with E-state index in [1.54, 1.807) is 0 Å². The third-order valence-electron chi connectivity index (χ3n) is 11.5. The minimum absolute atomic E-state index is 0.0767. The van der Waals surface area contributed by atoms with Gasteiger partial charge in [0, 0.05) is 36.9 Å². The van der Waals surface area contributed by atoms with Gasteiger partial charge in [0.15, 0.2) is 0 Å². The van der Waals surface area contributed by atoms with Crippen molar-refractivity contribution in [3.05, 3.63) is 59.2 Å². The second-order valence-corrected chi connectivity index (χ2v) is 16.1. The minimum Gasteiger partial charge on any atom is -0.444 e. The van der Waals surface area contributed by atoms with E-state index in [9.17, 15) is 15.3 Å². The summed E-state index contributed by atoms with van der Waals surface area (Å²) in [6, 6.07) is 9.93. The standard InChI is InChI=1S/C21H27N3O2.C17H20N2/c1-20(2,3)26-19(25)24-17-6-7-18(24)10-21(9-17,13-22)16-8-15(11-23-12-16)14-4-5-14;18-11-17(7-12-1-2-13(5-12)8-17)16-6-15(9-19-10-16)14-3-4-14/h8,11-12,14,17-18H,4-7,9-10H2,1-3H3;6,9-10,12-14H,1-5,7-8H2/t17-,18+,21?;12-,13+,17?. The van der Waals surface area contributed by atoms with Gasteiger partial charge in [0.05, 0.1) is 23.0 Å². The Balaban J connectivity index is 0.000000151. The van der Waals surface area contributed by atoms with E-state index in [0.29, 0.717) is 18.8 Å². The second-order valence-electron chi connectivity index (χ2n) is 16.1. The Morgan fingerprint density at radius 3 is 1.64 bits per heavy atom. The van der Waals surface area contributed by atoms with Crippen molar-refractivity contribution >= 4 is 6.09 Å². The molecule has 2 saturated heterocycles. The van der Waals surface area contributed by atoms with E-state index in [1.165, 1.54) is 61.6 Å². The molecule has 6 fully saturated rings. The lowest BCUT2D eigenvalue weighted by Gasteiger charge is -2.43. The number of carbonyl (C=O) groups is 1. The number of hydrogen-bond acceptors (Lipinski definition) is 6. The average Bonchev–Trinajstić information content (AvgIpc) is 3.96. The van der Waals surface area contributed by atoms with Crippen molar-refractivity contribution in [2.45, 2.75) is 145 Å². The number of piperidine rings is 1. The number of nitriles is 2. The van der Waals surface area contributed by atoms with Gasteiger partial charge in [-0.2, -0.15) is 10.5 Å². The highest BCUT2D eigenvalue weighted by Gasteiger charge is 2.52. The Hall–Kier alpha value is -3.45. The molecule has 45 heavy (non-hydrogen) atoms. The molecule has 2 aromatic rings. The first-order valence-corrected chi connectivity index (χ1v) is 17.3. The smallest absolute Gasteiger partial charge is 0.410 e. The normalized spacial score (nSPS) is 33.4. The first-order valence-electron chi connectivity index (χ1n) is 17.3. The zero-order valence-electron chi connectivity index (χ0n) is 27.2. The van der Waals surface area contributed by atoms with Crippen molar-refractivity contribution in [1.29, 1.82) is 10.5 Å². The molecule has 6 aliphatic rings. The molecule has 2 aliphatic heterocycles. The number of rotatable bonds is 4. The van der Waals surface area contributed by atoms with Gasteiger partial charge in [0.25, 0.3) is 0 Å². The van der Waals surface area contributed by atoms with Crippen LogP contribution in [-0.2, 0) is 15.6 Å². The molecule has 4 bridgehead atoms. The molecule has 4 saturated carbocycles. The van der Waals surface area contributed by atoms with Gasteiger partial charge in [-0.1, -0.05) is 25.0 Å². The third kappa shape index (κ3) is 6.08. The Morgan fingerprint density at radius 1 is 0.756 bits per heavy atom. The van der Waals surface area contributed by atoms with E-state index >= 15 is 0 Å². The summed E-state index contributed by atoms with van der Waals surface area (Å²) in [5.41, 5.74) is 3.60. The Kier molecular flexibility index (Phi) is 7.66.